The molecular weight excluding hydrogens is 239 g/mol. The summed E-state index contributed by atoms with van der Waals surface area (Å²) >= 11 is 13.4. The highest BCUT2D eigenvalue weighted by Gasteiger charge is 2.10. The van der Waals surface area contributed by atoms with E-state index >= 15 is 0 Å². The molecule has 1 rings (SSSR count). The molecular formula is C10H12Cl2OS. The topological polar surface area (TPSA) is 20.2 Å². The fourth-order valence-electron chi connectivity index (χ4n) is 1.16. The Kier molecular flexibility index (Phi) is 5.10. The van der Waals surface area contributed by atoms with Gasteiger partial charge in [0.05, 0.1) is 6.10 Å². The first kappa shape index (κ1) is 12.2. The number of benzene rings is 1. The third-order valence-electron chi connectivity index (χ3n) is 1.92. The molecule has 0 radical (unpaired) electrons. The van der Waals surface area contributed by atoms with Crippen molar-refractivity contribution in [2.24, 2.45) is 0 Å². The molecule has 0 saturated heterocycles. The fraction of sp³-hybridized carbons (Fsp3) is 0.400. The summed E-state index contributed by atoms with van der Waals surface area (Å²) in [5.74, 6) is 0.917. The highest BCUT2D eigenvalue weighted by atomic mass is 35.5. The average Bonchev–Trinajstić information content (AvgIpc) is 2.14. The Hall–Kier alpha value is 0.110. The van der Waals surface area contributed by atoms with Crippen LogP contribution in [0.5, 0.6) is 0 Å². The molecule has 4 heteroatoms. The lowest BCUT2D eigenvalue weighted by Gasteiger charge is -2.11. The van der Waals surface area contributed by atoms with E-state index in [0.717, 1.165) is 11.3 Å². The third-order valence-corrected chi connectivity index (χ3v) is 3.12. The van der Waals surface area contributed by atoms with Gasteiger partial charge < -0.3 is 5.11 Å². The lowest BCUT2D eigenvalue weighted by molar-refractivity contribution is 0.175. The molecule has 14 heavy (non-hydrogen) atoms. The van der Waals surface area contributed by atoms with E-state index < -0.39 is 6.10 Å². The molecule has 0 amide bonds. The van der Waals surface area contributed by atoms with Crippen molar-refractivity contribution in [2.75, 3.05) is 12.0 Å². The van der Waals surface area contributed by atoms with Crippen LogP contribution in [0.25, 0.3) is 0 Å². The van der Waals surface area contributed by atoms with E-state index in [1.54, 1.807) is 30.0 Å². The average molecular weight is 251 g/mol. The number of aliphatic hydroxyl groups excluding tert-OH is 1. The molecule has 0 aromatic heterocycles. The van der Waals surface area contributed by atoms with Gasteiger partial charge in [-0.2, -0.15) is 11.8 Å². The van der Waals surface area contributed by atoms with Crippen LogP contribution in [0, 0.1) is 0 Å². The maximum Gasteiger partial charge on any atom is 0.0812 e. The number of aliphatic hydroxyl groups is 1. The van der Waals surface area contributed by atoms with E-state index in [4.69, 9.17) is 23.2 Å². The zero-order chi connectivity index (χ0) is 10.6. The van der Waals surface area contributed by atoms with E-state index in [0.29, 0.717) is 16.5 Å². The monoisotopic (exact) mass is 250 g/mol. The summed E-state index contributed by atoms with van der Waals surface area (Å²) in [6.45, 7) is 0. The molecule has 0 saturated carbocycles. The summed E-state index contributed by atoms with van der Waals surface area (Å²) in [4.78, 5) is 0. The predicted molar refractivity (Wildman–Crippen MR) is 64.4 cm³/mol. The number of rotatable bonds is 4. The minimum atomic E-state index is -0.493. The standard InChI is InChI=1S/C10H12Cl2OS/c1-14-5-4-10(13)8-3-2-7(11)6-9(8)12/h2-3,6,10,13H,4-5H2,1H3. The van der Waals surface area contributed by atoms with Gasteiger partial charge in [0.25, 0.3) is 0 Å². The molecule has 0 fully saturated rings. The van der Waals surface area contributed by atoms with Crippen LogP contribution >= 0.6 is 35.0 Å². The summed E-state index contributed by atoms with van der Waals surface area (Å²) in [7, 11) is 0. The fourth-order valence-corrected chi connectivity index (χ4v) is 2.15. The van der Waals surface area contributed by atoms with Crippen LogP contribution < -0.4 is 0 Å². The quantitative estimate of drug-likeness (QED) is 0.878. The zero-order valence-corrected chi connectivity index (χ0v) is 10.2. The first-order valence-electron chi connectivity index (χ1n) is 4.27. The van der Waals surface area contributed by atoms with Gasteiger partial charge in [-0.15, -0.1) is 0 Å². The Balaban J connectivity index is 2.74. The SMILES string of the molecule is CSCCC(O)c1ccc(Cl)cc1Cl. The molecule has 1 nitrogen and oxygen atoms in total. The second-order valence-corrected chi connectivity index (χ2v) is 4.79. The minimum Gasteiger partial charge on any atom is -0.388 e. The van der Waals surface area contributed by atoms with Crippen LogP contribution in [0.2, 0.25) is 10.0 Å². The summed E-state index contributed by atoms with van der Waals surface area (Å²) < 4.78 is 0. The first-order valence-corrected chi connectivity index (χ1v) is 6.42. The highest BCUT2D eigenvalue weighted by molar-refractivity contribution is 7.98. The van der Waals surface area contributed by atoms with Crippen molar-refractivity contribution < 1.29 is 5.11 Å². The van der Waals surface area contributed by atoms with Gasteiger partial charge in [0.1, 0.15) is 0 Å². The number of halogens is 2. The summed E-state index contributed by atoms with van der Waals surface area (Å²) in [5.41, 5.74) is 0.755. The smallest absolute Gasteiger partial charge is 0.0812 e. The summed E-state index contributed by atoms with van der Waals surface area (Å²) in [5, 5.41) is 10.9. The minimum absolute atomic E-state index is 0.493. The maximum atomic E-state index is 9.78. The van der Waals surface area contributed by atoms with Crippen LogP contribution in [0.3, 0.4) is 0 Å². The Bertz CT molecular complexity index is 304. The Morgan fingerprint density at radius 3 is 2.71 bits per heavy atom. The molecule has 1 aromatic rings. The molecule has 0 bridgehead atoms. The number of hydrogen-bond acceptors (Lipinski definition) is 2. The molecule has 0 aliphatic carbocycles. The molecule has 1 unspecified atom stereocenters. The second-order valence-electron chi connectivity index (χ2n) is 2.96. The Morgan fingerprint density at radius 1 is 1.43 bits per heavy atom. The van der Waals surface area contributed by atoms with Crippen molar-refractivity contribution in [1.82, 2.24) is 0 Å². The predicted octanol–water partition coefficient (Wildman–Crippen LogP) is 3.78. The summed E-state index contributed by atoms with van der Waals surface area (Å²) in [6.07, 6.45) is 2.23. The Labute approximate surface area is 98.4 Å². The van der Waals surface area contributed by atoms with Crippen molar-refractivity contribution in [3.05, 3.63) is 33.8 Å². The number of hydrogen-bond donors (Lipinski definition) is 1. The van der Waals surface area contributed by atoms with Gasteiger partial charge >= 0.3 is 0 Å². The molecule has 1 aromatic carbocycles. The van der Waals surface area contributed by atoms with Crippen LogP contribution in [0.15, 0.2) is 18.2 Å². The molecule has 1 atom stereocenters. The van der Waals surface area contributed by atoms with Gasteiger partial charge in [0.15, 0.2) is 0 Å². The van der Waals surface area contributed by atoms with E-state index in [2.05, 4.69) is 0 Å². The van der Waals surface area contributed by atoms with E-state index in [1.807, 2.05) is 6.26 Å². The number of thioether (sulfide) groups is 1. The van der Waals surface area contributed by atoms with Crippen molar-refractivity contribution in [1.29, 1.82) is 0 Å². The van der Waals surface area contributed by atoms with Crippen molar-refractivity contribution in [3.8, 4) is 0 Å². The molecule has 0 aliphatic rings. The van der Waals surface area contributed by atoms with Gasteiger partial charge in [0.2, 0.25) is 0 Å². The van der Waals surface area contributed by atoms with Crippen LogP contribution in [0.4, 0.5) is 0 Å². The van der Waals surface area contributed by atoms with Crippen LogP contribution in [-0.2, 0) is 0 Å². The second kappa shape index (κ2) is 5.86. The summed E-state index contributed by atoms with van der Waals surface area (Å²) in [6, 6.07) is 5.17. The normalized spacial score (nSPS) is 12.9. The zero-order valence-electron chi connectivity index (χ0n) is 7.84. The van der Waals surface area contributed by atoms with Gasteiger partial charge in [-0.05, 0) is 36.1 Å². The van der Waals surface area contributed by atoms with Gasteiger partial charge in [-0.1, -0.05) is 29.3 Å². The van der Waals surface area contributed by atoms with Crippen molar-refractivity contribution in [2.45, 2.75) is 12.5 Å². The largest absolute Gasteiger partial charge is 0.388 e. The van der Waals surface area contributed by atoms with Crippen molar-refractivity contribution >= 4 is 35.0 Å². The lowest BCUT2D eigenvalue weighted by atomic mass is 10.1. The Morgan fingerprint density at radius 2 is 2.14 bits per heavy atom. The maximum absolute atomic E-state index is 9.78. The van der Waals surface area contributed by atoms with E-state index in [-0.39, 0.29) is 0 Å². The lowest BCUT2D eigenvalue weighted by Crippen LogP contribution is -1.99. The van der Waals surface area contributed by atoms with E-state index in [1.165, 1.54) is 0 Å². The molecule has 1 N–H and O–H groups in total. The molecule has 78 valence electrons. The van der Waals surface area contributed by atoms with Crippen LogP contribution in [-0.4, -0.2) is 17.1 Å². The van der Waals surface area contributed by atoms with Crippen molar-refractivity contribution in [3.63, 3.8) is 0 Å². The molecule has 0 heterocycles. The first-order chi connectivity index (χ1) is 6.65. The van der Waals surface area contributed by atoms with Gasteiger partial charge in [-0.3, -0.25) is 0 Å². The van der Waals surface area contributed by atoms with Crippen LogP contribution in [0.1, 0.15) is 18.1 Å². The molecule has 0 aliphatic heterocycles. The van der Waals surface area contributed by atoms with Gasteiger partial charge in [-0.25, -0.2) is 0 Å². The van der Waals surface area contributed by atoms with E-state index in [9.17, 15) is 5.11 Å². The highest BCUT2D eigenvalue weighted by Crippen LogP contribution is 2.28. The third kappa shape index (κ3) is 3.35. The molecule has 0 spiro atoms. The van der Waals surface area contributed by atoms with Gasteiger partial charge in [0, 0.05) is 10.0 Å².